The summed E-state index contributed by atoms with van der Waals surface area (Å²) in [5.41, 5.74) is 0.834. The molecule has 2 aromatic rings. The Morgan fingerprint density at radius 3 is 2.62 bits per heavy atom. The van der Waals surface area contributed by atoms with Crippen LogP contribution in [-0.4, -0.2) is 55.4 Å². The van der Waals surface area contributed by atoms with Gasteiger partial charge in [-0.3, -0.25) is 4.68 Å². The van der Waals surface area contributed by atoms with Gasteiger partial charge < -0.3 is 14.2 Å². The molecule has 1 atom stereocenters. The highest BCUT2D eigenvalue weighted by Gasteiger charge is 2.34. The number of benzene rings is 1. The third-order valence-corrected chi connectivity index (χ3v) is 6.67. The summed E-state index contributed by atoms with van der Waals surface area (Å²) in [6, 6.07) is 2.92. The van der Waals surface area contributed by atoms with Crippen LogP contribution in [-0.2, 0) is 21.8 Å². The fourth-order valence-corrected chi connectivity index (χ4v) is 4.97. The van der Waals surface area contributed by atoms with Crippen LogP contribution in [0.5, 0.6) is 11.5 Å². The predicted octanol–water partition coefficient (Wildman–Crippen LogP) is 1.61. The predicted molar refractivity (Wildman–Crippen MR) is 93.1 cm³/mol. The van der Waals surface area contributed by atoms with Gasteiger partial charge in [-0.2, -0.15) is 9.40 Å². The van der Waals surface area contributed by atoms with E-state index in [0.29, 0.717) is 31.3 Å². The molecule has 1 saturated heterocycles. The highest BCUT2D eigenvalue weighted by atomic mass is 35.5. The fourth-order valence-electron chi connectivity index (χ4n) is 3.03. The first kappa shape index (κ1) is 17.6. The van der Waals surface area contributed by atoms with Crippen molar-refractivity contribution in [3.05, 3.63) is 35.1 Å². The Kier molecular flexibility index (Phi) is 4.55. The number of aromatic nitrogens is 2. The van der Waals surface area contributed by atoms with Crippen LogP contribution in [0.2, 0.25) is 5.02 Å². The van der Waals surface area contributed by atoms with Crippen LogP contribution in [0.4, 0.5) is 0 Å². The van der Waals surface area contributed by atoms with E-state index in [1.54, 1.807) is 17.9 Å². The van der Waals surface area contributed by atoms with E-state index in [0.717, 1.165) is 5.56 Å². The van der Waals surface area contributed by atoms with Crippen molar-refractivity contribution in [2.24, 2.45) is 7.05 Å². The third kappa shape index (κ3) is 3.16. The molecule has 0 saturated carbocycles. The van der Waals surface area contributed by atoms with Crippen LogP contribution in [0, 0.1) is 0 Å². The second-order valence-corrected chi connectivity index (χ2v) is 8.41. The van der Waals surface area contributed by atoms with Crippen LogP contribution >= 0.6 is 11.6 Å². The van der Waals surface area contributed by atoms with E-state index in [4.69, 9.17) is 25.8 Å². The normalized spacial score (nSPS) is 20.9. The maximum absolute atomic E-state index is 13.1. The van der Waals surface area contributed by atoms with Crippen molar-refractivity contribution in [2.45, 2.75) is 11.0 Å². The van der Waals surface area contributed by atoms with Gasteiger partial charge in [0.2, 0.25) is 10.0 Å². The third-order valence-electron chi connectivity index (χ3n) is 4.34. The van der Waals surface area contributed by atoms with Crippen molar-refractivity contribution in [3.8, 4) is 11.5 Å². The molecule has 0 N–H and O–H groups in total. The van der Waals surface area contributed by atoms with Gasteiger partial charge in [0.15, 0.2) is 11.5 Å². The molecule has 26 heavy (non-hydrogen) atoms. The van der Waals surface area contributed by atoms with Gasteiger partial charge in [-0.05, 0) is 0 Å². The Morgan fingerprint density at radius 2 is 1.92 bits per heavy atom. The van der Waals surface area contributed by atoms with Gasteiger partial charge in [-0.15, -0.1) is 0 Å². The van der Waals surface area contributed by atoms with Crippen molar-refractivity contribution >= 4 is 21.6 Å². The molecule has 2 aliphatic heterocycles. The first-order chi connectivity index (χ1) is 12.4. The maximum atomic E-state index is 13.1. The topological polar surface area (TPSA) is 82.9 Å². The monoisotopic (exact) mass is 399 g/mol. The SMILES string of the molecule is Cn1cc([C@H]2CN(S(=O)(=O)c3cc4c(cc3Cl)OCCO4)CCO2)cn1. The Morgan fingerprint density at radius 1 is 1.19 bits per heavy atom. The summed E-state index contributed by atoms with van der Waals surface area (Å²) < 4.78 is 46.0. The summed E-state index contributed by atoms with van der Waals surface area (Å²) in [5, 5.41) is 4.23. The van der Waals surface area contributed by atoms with Crippen molar-refractivity contribution in [2.75, 3.05) is 32.9 Å². The standard InChI is InChI=1S/C16H18ClN3O5S/c1-19-9-11(8-18-19)15-10-20(2-3-23-15)26(21,22)16-7-14-13(6-12(16)17)24-4-5-25-14/h6-9,15H,2-5,10H2,1H3/t15-/m1/s1. The van der Waals surface area contributed by atoms with Crippen LogP contribution < -0.4 is 9.47 Å². The number of nitrogens with zero attached hydrogens (tertiary/aromatic N) is 3. The molecule has 10 heteroatoms. The average molecular weight is 400 g/mol. The largest absolute Gasteiger partial charge is 0.486 e. The minimum Gasteiger partial charge on any atom is -0.486 e. The van der Waals surface area contributed by atoms with Gasteiger partial charge in [0.05, 0.1) is 23.9 Å². The second kappa shape index (κ2) is 6.73. The number of morpholine rings is 1. The number of halogens is 1. The Hall–Kier alpha value is -1.81. The molecule has 1 aromatic heterocycles. The van der Waals surface area contributed by atoms with Gasteiger partial charge in [0, 0.05) is 44.0 Å². The van der Waals surface area contributed by atoms with E-state index in [-0.39, 0.29) is 29.1 Å². The smallest absolute Gasteiger partial charge is 0.244 e. The van der Waals surface area contributed by atoms with Gasteiger partial charge in [-0.1, -0.05) is 11.6 Å². The molecule has 0 spiro atoms. The lowest BCUT2D eigenvalue weighted by molar-refractivity contribution is -0.00259. The molecule has 1 fully saturated rings. The highest BCUT2D eigenvalue weighted by Crippen LogP contribution is 2.39. The maximum Gasteiger partial charge on any atom is 0.244 e. The van der Waals surface area contributed by atoms with Crippen LogP contribution in [0.15, 0.2) is 29.4 Å². The zero-order valence-corrected chi connectivity index (χ0v) is 15.7. The molecule has 8 nitrogen and oxygen atoms in total. The molecule has 4 rings (SSSR count). The van der Waals surface area contributed by atoms with Gasteiger partial charge in [-0.25, -0.2) is 8.42 Å². The molecule has 0 bridgehead atoms. The Bertz CT molecular complexity index is 930. The zero-order valence-electron chi connectivity index (χ0n) is 14.1. The van der Waals surface area contributed by atoms with Crippen LogP contribution in [0.1, 0.15) is 11.7 Å². The molecule has 0 radical (unpaired) electrons. The molecular weight excluding hydrogens is 382 g/mol. The summed E-state index contributed by atoms with van der Waals surface area (Å²) in [4.78, 5) is 0.00949. The van der Waals surface area contributed by atoms with Crippen LogP contribution in [0.3, 0.4) is 0 Å². The summed E-state index contributed by atoms with van der Waals surface area (Å²) in [5.74, 6) is 0.840. The molecule has 2 aliphatic rings. The number of sulfonamides is 1. The van der Waals surface area contributed by atoms with E-state index >= 15 is 0 Å². The number of aryl methyl sites for hydroxylation is 1. The van der Waals surface area contributed by atoms with E-state index in [2.05, 4.69) is 5.10 Å². The highest BCUT2D eigenvalue weighted by molar-refractivity contribution is 7.89. The van der Waals surface area contributed by atoms with E-state index in [9.17, 15) is 8.42 Å². The Balaban J connectivity index is 1.64. The van der Waals surface area contributed by atoms with Crippen molar-refractivity contribution in [3.63, 3.8) is 0 Å². The number of hydrogen-bond donors (Lipinski definition) is 0. The number of ether oxygens (including phenoxy) is 3. The van der Waals surface area contributed by atoms with Gasteiger partial charge >= 0.3 is 0 Å². The van der Waals surface area contributed by atoms with Gasteiger partial charge in [0.1, 0.15) is 18.1 Å². The van der Waals surface area contributed by atoms with Crippen molar-refractivity contribution < 1.29 is 22.6 Å². The summed E-state index contributed by atoms with van der Waals surface area (Å²) in [6.45, 7) is 1.52. The number of rotatable bonds is 3. The lowest BCUT2D eigenvalue weighted by Crippen LogP contribution is -2.42. The van der Waals surface area contributed by atoms with E-state index in [1.165, 1.54) is 16.4 Å². The molecule has 3 heterocycles. The zero-order chi connectivity index (χ0) is 18.3. The average Bonchev–Trinajstić information content (AvgIpc) is 3.07. The first-order valence-electron chi connectivity index (χ1n) is 8.14. The molecule has 0 unspecified atom stereocenters. The minimum atomic E-state index is -3.80. The van der Waals surface area contributed by atoms with Crippen molar-refractivity contribution in [1.29, 1.82) is 0 Å². The second-order valence-electron chi connectivity index (χ2n) is 6.10. The molecular formula is C16H18ClN3O5S. The molecule has 140 valence electrons. The van der Waals surface area contributed by atoms with Crippen LogP contribution in [0.25, 0.3) is 0 Å². The number of fused-ring (bicyclic) bond motifs is 1. The Labute approximate surface area is 156 Å². The molecule has 0 amide bonds. The van der Waals surface area contributed by atoms with Crippen molar-refractivity contribution in [1.82, 2.24) is 14.1 Å². The van der Waals surface area contributed by atoms with E-state index in [1.807, 2.05) is 6.20 Å². The van der Waals surface area contributed by atoms with Gasteiger partial charge in [0.25, 0.3) is 0 Å². The molecule has 1 aromatic carbocycles. The quantitative estimate of drug-likeness (QED) is 0.779. The minimum absolute atomic E-state index is 0.00949. The van der Waals surface area contributed by atoms with E-state index < -0.39 is 10.0 Å². The summed E-state index contributed by atoms with van der Waals surface area (Å²) in [7, 11) is -2.00. The fraction of sp³-hybridized carbons (Fsp3) is 0.438. The summed E-state index contributed by atoms with van der Waals surface area (Å²) >= 11 is 6.24. The lowest BCUT2D eigenvalue weighted by atomic mass is 10.2. The first-order valence-corrected chi connectivity index (χ1v) is 9.96. The lowest BCUT2D eigenvalue weighted by Gasteiger charge is -2.32. The molecule has 0 aliphatic carbocycles. The number of hydrogen-bond acceptors (Lipinski definition) is 6. The summed E-state index contributed by atoms with van der Waals surface area (Å²) in [6.07, 6.45) is 3.12.